The van der Waals surface area contributed by atoms with E-state index in [0.29, 0.717) is 5.75 Å². The highest BCUT2D eigenvalue weighted by atomic mass is 16.5. The molecule has 0 spiro atoms. The lowest BCUT2D eigenvalue weighted by Gasteiger charge is -2.02. The molecule has 21 heavy (non-hydrogen) atoms. The van der Waals surface area contributed by atoms with Gasteiger partial charge in [0.05, 0.1) is 7.11 Å². The fourth-order valence-corrected chi connectivity index (χ4v) is 1.66. The summed E-state index contributed by atoms with van der Waals surface area (Å²) in [5, 5.41) is 9.02. The molecule has 2 heteroatoms. The molecule has 0 fully saturated rings. The van der Waals surface area contributed by atoms with E-state index >= 15 is 0 Å². The molecule has 0 aliphatic heterocycles. The molecule has 0 amide bonds. The highest BCUT2D eigenvalue weighted by Gasteiger charge is 1.94. The van der Waals surface area contributed by atoms with Gasteiger partial charge < -0.3 is 9.84 Å². The molecule has 2 aromatic rings. The summed E-state index contributed by atoms with van der Waals surface area (Å²) in [6.45, 7) is 11.5. The molecule has 0 aliphatic carbocycles. The number of allylic oxidation sites excluding steroid dienone is 2. The van der Waals surface area contributed by atoms with Crippen LogP contribution in [0.15, 0.2) is 61.7 Å². The molecule has 0 heterocycles. The van der Waals surface area contributed by atoms with E-state index in [2.05, 4.69) is 13.2 Å². The Hall–Kier alpha value is -2.48. The standard InChI is InChI=1S/C10H12O.C9H10O/c1-8(2)9-5-4-6-10(7-9)11-3;1-7(2)8-4-3-5-9(10)6-8/h4-7H,1H2,2-3H3;3-6,10H,1H2,2H3. The summed E-state index contributed by atoms with van der Waals surface area (Å²) in [6.07, 6.45) is 0. The first-order valence-electron chi connectivity index (χ1n) is 6.69. The largest absolute Gasteiger partial charge is 0.508 e. The van der Waals surface area contributed by atoms with E-state index in [1.165, 1.54) is 0 Å². The van der Waals surface area contributed by atoms with Gasteiger partial charge in [0.2, 0.25) is 0 Å². The number of hydrogen-bond donors (Lipinski definition) is 1. The van der Waals surface area contributed by atoms with Crippen LogP contribution in [0.3, 0.4) is 0 Å². The lowest BCUT2D eigenvalue weighted by atomic mass is 10.1. The normalized spacial score (nSPS) is 9.29. The van der Waals surface area contributed by atoms with Crippen LogP contribution >= 0.6 is 0 Å². The summed E-state index contributed by atoms with van der Waals surface area (Å²) >= 11 is 0. The van der Waals surface area contributed by atoms with Crippen molar-refractivity contribution >= 4 is 11.1 Å². The van der Waals surface area contributed by atoms with Gasteiger partial charge in [-0.15, -0.1) is 0 Å². The van der Waals surface area contributed by atoms with Gasteiger partial charge in [-0.1, -0.05) is 48.6 Å². The maximum absolute atomic E-state index is 9.02. The molecule has 2 rings (SSSR count). The van der Waals surface area contributed by atoms with Crippen LogP contribution in [-0.2, 0) is 0 Å². The van der Waals surface area contributed by atoms with Crippen LogP contribution in [0.4, 0.5) is 0 Å². The van der Waals surface area contributed by atoms with Crippen molar-refractivity contribution < 1.29 is 9.84 Å². The molecular weight excluding hydrogens is 260 g/mol. The highest BCUT2D eigenvalue weighted by molar-refractivity contribution is 5.63. The molecule has 2 aromatic carbocycles. The van der Waals surface area contributed by atoms with E-state index in [1.54, 1.807) is 25.3 Å². The van der Waals surface area contributed by atoms with Crippen molar-refractivity contribution in [3.8, 4) is 11.5 Å². The molecular formula is C19H22O2. The first kappa shape index (κ1) is 16.6. The molecule has 0 aliphatic rings. The number of ether oxygens (including phenoxy) is 1. The minimum Gasteiger partial charge on any atom is -0.508 e. The Kier molecular flexibility index (Phi) is 6.28. The molecule has 0 bridgehead atoms. The van der Waals surface area contributed by atoms with Crippen LogP contribution in [0.1, 0.15) is 25.0 Å². The predicted molar refractivity (Wildman–Crippen MR) is 90.5 cm³/mol. The fourth-order valence-electron chi connectivity index (χ4n) is 1.66. The quantitative estimate of drug-likeness (QED) is 0.843. The number of phenols is 1. The number of aromatic hydroxyl groups is 1. The van der Waals surface area contributed by atoms with Crippen LogP contribution in [0.2, 0.25) is 0 Å². The summed E-state index contributed by atoms with van der Waals surface area (Å²) < 4.78 is 5.06. The number of methoxy groups -OCH3 is 1. The van der Waals surface area contributed by atoms with E-state index in [9.17, 15) is 0 Å². The van der Waals surface area contributed by atoms with Crippen LogP contribution < -0.4 is 4.74 Å². The number of benzene rings is 2. The molecule has 1 N–H and O–H groups in total. The van der Waals surface area contributed by atoms with Crippen molar-refractivity contribution in [3.05, 3.63) is 72.8 Å². The van der Waals surface area contributed by atoms with E-state index in [-0.39, 0.29) is 0 Å². The summed E-state index contributed by atoms with van der Waals surface area (Å²) in [6, 6.07) is 14.9. The van der Waals surface area contributed by atoms with E-state index in [4.69, 9.17) is 9.84 Å². The minimum atomic E-state index is 0.292. The van der Waals surface area contributed by atoms with Crippen molar-refractivity contribution in [3.63, 3.8) is 0 Å². The third kappa shape index (κ3) is 5.57. The van der Waals surface area contributed by atoms with Crippen molar-refractivity contribution in [2.75, 3.05) is 7.11 Å². The van der Waals surface area contributed by atoms with Crippen LogP contribution in [0, 0.1) is 0 Å². The zero-order valence-electron chi connectivity index (χ0n) is 12.9. The Morgan fingerprint density at radius 1 is 0.905 bits per heavy atom. The van der Waals surface area contributed by atoms with Crippen LogP contribution in [0.5, 0.6) is 11.5 Å². The van der Waals surface area contributed by atoms with Crippen LogP contribution in [-0.4, -0.2) is 12.2 Å². The van der Waals surface area contributed by atoms with Crippen LogP contribution in [0.25, 0.3) is 11.1 Å². The zero-order valence-corrected chi connectivity index (χ0v) is 12.9. The number of rotatable bonds is 3. The maximum atomic E-state index is 9.02. The third-order valence-electron chi connectivity index (χ3n) is 2.90. The monoisotopic (exact) mass is 282 g/mol. The molecule has 0 atom stereocenters. The number of hydrogen-bond acceptors (Lipinski definition) is 2. The Balaban J connectivity index is 0.000000211. The molecule has 2 nitrogen and oxygen atoms in total. The minimum absolute atomic E-state index is 0.292. The summed E-state index contributed by atoms with van der Waals surface area (Å²) in [4.78, 5) is 0. The summed E-state index contributed by atoms with van der Waals surface area (Å²) in [5.74, 6) is 1.17. The molecule has 110 valence electrons. The smallest absolute Gasteiger partial charge is 0.119 e. The van der Waals surface area contributed by atoms with E-state index < -0.39 is 0 Å². The Bertz CT molecular complexity index is 627. The van der Waals surface area contributed by atoms with E-state index in [0.717, 1.165) is 28.0 Å². The van der Waals surface area contributed by atoms with Gasteiger partial charge in [0.25, 0.3) is 0 Å². The Labute approximate surface area is 127 Å². The lowest BCUT2D eigenvalue weighted by Crippen LogP contribution is -1.83. The van der Waals surface area contributed by atoms with Crippen molar-refractivity contribution in [1.29, 1.82) is 0 Å². The first-order chi connectivity index (χ1) is 9.93. The Morgan fingerprint density at radius 2 is 1.43 bits per heavy atom. The third-order valence-corrected chi connectivity index (χ3v) is 2.90. The topological polar surface area (TPSA) is 29.5 Å². The van der Waals surface area contributed by atoms with Gasteiger partial charge >= 0.3 is 0 Å². The molecule has 0 radical (unpaired) electrons. The maximum Gasteiger partial charge on any atom is 0.119 e. The molecule has 0 aromatic heterocycles. The van der Waals surface area contributed by atoms with Crippen molar-refractivity contribution in [2.24, 2.45) is 0 Å². The second-order valence-corrected chi connectivity index (χ2v) is 4.84. The number of phenolic OH excluding ortho intramolecular Hbond substituents is 1. The lowest BCUT2D eigenvalue weighted by molar-refractivity contribution is 0.414. The SMILES string of the molecule is C=C(C)c1cccc(O)c1.C=C(C)c1cccc(OC)c1. The van der Waals surface area contributed by atoms with Gasteiger partial charge in [0.15, 0.2) is 0 Å². The summed E-state index contributed by atoms with van der Waals surface area (Å²) in [7, 11) is 1.66. The van der Waals surface area contributed by atoms with Crippen molar-refractivity contribution in [2.45, 2.75) is 13.8 Å². The van der Waals surface area contributed by atoms with E-state index in [1.807, 2.05) is 44.2 Å². The molecule has 0 saturated heterocycles. The van der Waals surface area contributed by atoms with Gasteiger partial charge in [-0.3, -0.25) is 0 Å². The average Bonchev–Trinajstić information content (AvgIpc) is 2.48. The summed E-state index contributed by atoms with van der Waals surface area (Å²) in [5.41, 5.74) is 4.14. The predicted octanol–water partition coefficient (Wildman–Crippen LogP) is 5.15. The van der Waals surface area contributed by atoms with Crippen molar-refractivity contribution in [1.82, 2.24) is 0 Å². The fraction of sp³-hybridized carbons (Fsp3) is 0.158. The highest BCUT2D eigenvalue weighted by Crippen LogP contribution is 2.18. The average molecular weight is 282 g/mol. The van der Waals surface area contributed by atoms with Gasteiger partial charge in [0, 0.05) is 0 Å². The molecule has 0 saturated carbocycles. The van der Waals surface area contributed by atoms with Gasteiger partial charge in [-0.2, -0.15) is 0 Å². The second-order valence-electron chi connectivity index (χ2n) is 4.84. The Morgan fingerprint density at radius 3 is 1.86 bits per heavy atom. The zero-order chi connectivity index (χ0) is 15.8. The van der Waals surface area contributed by atoms with Gasteiger partial charge in [-0.25, -0.2) is 0 Å². The van der Waals surface area contributed by atoms with Gasteiger partial charge in [-0.05, 0) is 49.2 Å². The first-order valence-corrected chi connectivity index (χ1v) is 6.69. The second kappa shape index (κ2) is 7.95. The molecule has 0 unspecified atom stereocenters. The van der Waals surface area contributed by atoms with Gasteiger partial charge in [0.1, 0.15) is 11.5 Å².